The Hall–Kier alpha value is -3.22. The van der Waals surface area contributed by atoms with Crippen molar-refractivity contribution in [1.82, 2.24) is 0 Å². The van der Waals surface area contributed by atoms with Crippen molar-refractivity contribution in [1.29, 1.82) is 5.26 Å². The molecule has 0 heterocycles. The number of para-hydroxylation sites is 1. The number of carbonyl (C=O) groups is 1. The van der Waals surface area contributed by atoms with Crippen LogP contribution in [0.3, 0.4) is 0 Å². The lowest BCUT2D eigenvalue weighted by atomic mass is 10.2. The third kappa shape index (κ3) is 3.41. The second-order valence-electron chi connectivity index (χ2n) is 4.27. The van der Waals surface area contributed by atoms with E-state index in [0.29, 0.717) is 5.69 Å². The number of anilines is 1. The van der Waals surface area contributed by atoms with E-state index in [4.69, 9.17) is 10.8 Å². The van der Waals surface area contributed by atoms with Gasteiger partial charge in [-0.15, -0.1) is 4.79 Å². The van der Waals surface area contributed by atoms with E-state index >= 15 is 0 Å². The monoisotopic (exact) mass is 276 g/mol. The lowest BCUT2D eigenvalue weighted by molar-refractivity contribution is -0.116. The Labute approximate surface area is 122 Å². The topological polar surface area (TPSA) is 80.5 Å². The van der Waals surface area contributed by atoms with E-state index in [1.807, 2.05) is 36.4 Å². The summed E-state index contributed by atoms with van der Waals surface area (Å²) in [6, 6.07) is 19.9. The molecule has 0 atom stereocenters. The van der Waals surface area contributed by atoms with Gasteiger partial charge in [0.25, 0.3) is 0 Å². The van der Waals surface area contributed by atoms with Gasteiger partial charge in [0.1, 0.15) is 0 Å². The van der Waals surface area contributed by atoms with Gasteiger partial charge in [-0.2, -0.15) is 5.26 Å². The molecule has 2 rings (SSSR count). The molecule has 0 spiro atoms. The van der Waals surface area contributed by atoms with Crippen LogP contribution in [0.2, 0.25) is 0 Å². The van der Waals surface area contributed by atoms with E-state index in [2.05, 4.69) is 4.79 Å². The molecule has 102 valence electrons. The molecule has 5 heteroatoms. The molecule has 0 unspecified atom stereocenters. The summed E-state index contributed by atoms with van der Waals surface area (Å²) in [5.41, 5.74) is 9.76. The van der Waals surface area contributed by atoms with Crippen molar-refractivity contribution >= 4 is 17.3 Å². The molecule has 0 fully saturated rings. The van der Waals surface area contributed by atoms with E-state index in [-0.39, 0.29) is 6.54 Å². The van der Waals surface area contributed by atoms with Crippen molar-refractivity contribution in [3.63, 3.8) is 0 Å². The van der Waals surface area contributed by atoms with Crippen LogP contribution in [-0.4, -0.2) is 16.4 Å². The molecule has 0 aliphatic heterocycles. The molecule has 0 aliphatic carbocycles. The summed E-state index contributed by atoms with van der Waals surface area (Å²) in [5, 5.41) is 8.87. The highest BCUT2D eigenvalue weighted by Gasteiger charge is 2.27. The second-order valence-corrected chi connectivity index (χ2v) is 4.27. The van der Waals surface area contributed by atoms with Crippen LogP contribution in [0.25, 0.3) is 5.53 Å². The fourth-order valence-electron chi connectivity index (χ4n) is 1.90. The van der Waals surface area contributed by atoms with Crippen molar-refractivity contribution < 1.29 is 9.58 Å². The Morgan fingerprint density at radius 3 is 2.19 bits per heavy atom. The summed E-state index contributed by atoms with van der Waals surface area (Å²) in [4.78, 5) is 16.5. The number of hydrogen-bond donors (Lipinski definition) is 0. The first-order valence-electron chi connectivity index (χ1n) is 6.29. The molecule has 0 saturated heterocycles. The number of nitriles is 1. The number of rotatable bonds is 4. The molecule has 2 aromatic carbocycles. The molecule has 0 aliphatic rings. The maximum absolute atomic E-state index is 12.3. The largest absolute Gasteiger partial charge is 0.456 e. The number of benzene rings is 2. The van der Waals surface area contributed by atoms with Crippen LogP contribution in [0.15, 0.2) is 60.7 Å². The van der Waals surface area contributed by atoms with Crippen LogP contribution in [0.1, 0.15) is 5.56 Å². The predicted molar refractivity (Wildman–Crippen MR) is 78.3 cm³/mol. The molecule has 0 saturated carbocycles. The van der Waals surface area contributed by atoms with Crippen molar-refractivity contribution in [3.05, 3.63) is 71.8 Å². The standard InChI is InChI=1S/C16H12N4O/c17-11-15(19-18)16(21)20(14-9-5-2-6-10-14)12-13-7-3-1-4-8-13/h1-10H,12H2. The molecular formula is C16H12N4O. The Balaban J connectivity index is 2.38. The Morgan fingerprint density at radius 2 is 1.67 bits per heavy atom. The maximum atomic E-state index is 12.3. The van der Waals surface area contributed by atoms with Crippen molar-refractivity contribution in [2.24, 2.45) is 0 Å². The minimum absolute atomic E-state index is 0.282. The molecule has 5 nitrogen and oxygen atoms in total. The first-order valence-corrected chi connectivity index (χ1v) is 6.29. The highest BCUT2D eigenvalue weighted by Crippen LogP contribution is 2.17. The van der Waals surface area contributed by atoms with Crippen LogP contribution in [0.4, 0.5) is 5.69 Å². The normalized spacial score (nSPS) is 9.29. The summed E-state index contributed by atoms with van der Waals surface area (Å²) < 4.78 is 0. The van der Waals surface area contributed by atoms with Gasteiger partial charge >= 0.3 is 11.6 Å². The van der Waals surface area contributed by atoms with Gasteiger partial charge in [-0.3, -0.25) is 9.69 Å². The minimum Gasteiger partial charge on any atom is -0.360 e. The average Bonchev–Trinajstić information content (AvgIpc) is 2.55. The van der Waals surface area contributed by atoms with Gasteiger partial charge in [-0.05, 0) is 17.7 Å². The lowest BCUT2D eigenvalue weighted by Gasteiger charge is -2.20. The fourth-order valence-corrected chi connectivity index (χ4v) is 1.90. The van der Waals surface area contributed by atoms with Crippen LogP contribution in [0.5, 0.6) is 0 Å². The number of nitrogens with zero attached hydrogens (tertiary/aromatic N) is 4. The third-order valence-electron chi connectivity index (χ3n) is 2.91. The quantitative estimate of drug-likeness (QED) is 0.488. The highest BCUT2D eigenvalue weighted by atomic mass is 16.2. The molecule has 0 radical (unpaired) electrons. The van der Waals surface area contributed by atoms with E-state index in [9.17, 15) is 4.79 Å². The predicted octanol–water partition coefficient (Wildman–Crippen LogP) is 2.41. The minimum atomic E-state index is -0.643. The van der Waals surface area contributed by atoms with Crippen molar-refractivity contribution in [3.8, 4) is 6.07 Å². The molecule has 21 heavy (non-hydrogen) atoms. The Morgan fingerprint density at radius 1 is 1.10 bits per heavy atom. The van der Waals surface area contributed by atoms with Crippen LogP contribution < -0.4 is 4.90 Å². The van der Waals surface area contributed by atoms with Gasteiger partial charge in [0, 0.05) is 5.69 Å². The first kappa shape index (κ1) is 14.2. The molecule has 1 amide bonds. The van der Waals surface area contributed by atoms with E-state index in [1.165, 1.54) is 4.90 Å². The number of carbonyl (C=O) groups excluding carboxylic acids is 1. The fraction of sp³-hybridized carbons (Fsp3) is 0.0625. The molecule has 0 aromatic heterocycles. The molecular weight excluding hydrogens is 264 g/mol. The van der Waals surface area contributed by atoms with Crippen molar-refractivity contribution in [2.75, 3.05) is 4.90 Å². The number of amides is 1. The summed E-state index contributed by atoms with van der Waals surface area (Å²) in [5.74, 6) is -0.643. The zero-order valence-corrected chi connectivity index (χ0v) is 11.2. The summed E-state index contributed by atoms with van der Waals surface area (Å²) in [7, 11) is 0. The van der Waals surface area contributed by atoms with E-state index in [1.54, 1.807) is 30.3 Å². The van der Waals surface area contributed by atoms with Crippen LogP contribution in [0, 0.1) is 11.3 Å². The summed E-state index contributed by atoms with van der Waals surface area (Å²) in [6.07, 6.45) is 0. The molecule has 0 N–H and O–H groups in total. The zero-order chi connectivity index (χ0) is 15.1. The van der Waals surface area contributed by atoms with Gasteiger partial charge in [0.2, 0.25) is 0 Å². The van der Waals surface area contributed by atoms with Crippen LogP contribution >= 0.6 is 0 Å². The van der Waals surface area contributed by atoms with Crippen LogP contribution in [-0.2, 0) is 11.3 Å². The second kappa shape index (κ2) is 6.80. The molecule has 2 aromatic rings. The van der Waals surface area contributed by atoms with Gasteiger partial charge in [-0.1, -0.05) is 48.5 Å². The first-order chi connectivity index (χ1) is 10.3. The van der Waals surface area contributed by atoms with Gasteiger partial charge in [0.15, 0.2) is 6.07 Å². The smallest absolute Gasteiger partial charge is 0.360 e. The van der Waals surface area contributed by atoms with E-state index in [0.717, 1.165) is 5.56 Å². The van der Waals surface area contributed by atoms with Gasteiger partial charge in [0.05, 0.1) is 6.54 Å². The van der Waals surface area contributed by atoms with Gasteiger partial charge in [-0.25, -0.2) is 0 Å². The average molecular weight is 276 g/mol. The Kier molecular flexibility index (Phi) is 4.60. The number of hydrogen-bond acceptors (Lipinski definition) is 2. The summed E-state index contributed by atoms with van der Waals surface area (Å²) >= 11 is 0. The zero-order valence-electron chi connectivity index (χ0n) is 11.2. The third-order valence-corrected chi connectivity index (χ3v) is 2.91. The lowest BCUT2D eigenvalue weighted by Crippen LogP contribution is -2.36. The van der Waals surface area contributed by atoms with Crippen molar-refractivity contribution in [2.45, 2.75) is 6.54 Å². The molecule has 0 bridgehead atoms. The highest BCUT2D eigenvalue weighted by molar-refractivity contribution is 6.47. The summed E-state index contributed by atoms with van der Waals surface area (Å²) in [6.45, 7) is 0.282. The Bertz CT molecular complexity index is 713. The SMILES string of the molecule is N#CC(=[N+]=[N-])C(=O)N(Cc1ccccc1)c1ccccc1. The van der Waals surface area contributed by atoms with E-state index < -0.39 is 11.6 Å². The maximum Gasteiger partial charge on any atom is 0.456 e. The van der Waals surface area contributed by atoms with Gasteiger partial charge < -0.3 is 5.53 Å².